The molecule has 3 fully saturated rings. The lowest BCUT2D eigenvalue weighted by atomic mass is 9.58. The van der Waals surface area contributed by atoms with Crippen molar-refractivity contribution in [3.63, 3.8) is 0 Å². The predicted molar refractivity (Wildman–Crippen MR) is 70.3 cm³/mol. The number of hydrogen-bond acceptors (Lipinski definition) is 3. The fraction of sp³-hybridized carbons (Fsp3) is 0.933. The first kappa shape index (κ1) is 14.0. The van der Waals surface area contributed by atoms with E-state index in [0.717, 1.165) is 51.7 Å². The molecule has 3 aliphatic rings. The summed E-state index contributed by atoms with van der Waals surface area (Å²) in [4.78, 5) is 12.1. The second kappa shape index (κ2) is 5.30. The summed E-state index contributed by atoms with van der Waals surface area (Å²) in [6.45, 7) is 7.59. The van der Waals surface area contributed by atoms with E-state index in [9.17, 15) is 4.79 Å². The summed E-state index contributed by atoms with van der Waals surface area (Å²) in [5, 5.41) is 0. The highest BCUT2D eigenvalue weighted by molar-refractivity contribution is 5.85. The molecule has 104 valence electrons. The Hall–Kier alpha value is -0.410. The minimum absolute atomic E-state index is 0.0845. The topological polar surface area (TPSA) is 35.5 Å². The molecule has 1 spiro atoms. The number of carbonyl (C=O) groups is 1. The highest BCUT2D eigenvalue weighted by atomic mass is 16.7. The molecule has 0 aromatic rings. The zero-order valence-corrected chi connectivity index (χ0v) is 12.0. The molecular weight excluding hydrogens is 228 g/mol. The molecule has 3 heteroatoms. The van der Waals surface area contributed by atoms with E-state index in [1.165, 1.54) is 0 Å². The Balaban J connectivity index is 0.000000574. The van der Waals surface area contributed by atoms with Gasteiger partial charge < -0.3 is 9.47 Å². The van der Waals surface area contributed by atoms with E-state index < -0.39 is 0 Å². The second-order valence-corrected chi connectivity index (χ2v) is 5.74. The Morgan fingerprint density at radius 3 is 2.50 bits per heavy atom. The number of rotatable bonds is 0. The van der Waals surface area contributed by atoms with Crippen LogP contribution in [0, 0.1) is 11.3 Å². The van der Waals surface area contributed by atoms with Gasteiger partial charge in [0.2, 0.25) is 0 Å². The van der Waals surface area contributed by atoms with Crippen molar-refractivity contribution in [1.82, 2.24) is 0 Å². The van der Waals surface area contributed by atoms with Crippen molar-refractivity contribution in [1.29, 1.82) is 0 Å². The van der Waals surface area contributed by atoms with Gasteiger partial charge in [-0.25, -0.2) is 0 Å². The first-order chi connectivity index (χ1) is 8.65. The van der Waals surface area contributed by atoms with Crippen molar-refractivity contribution >= 4 is 5.78 Å². The van der Waals surface area contributed by atoms with E-state index in [0.29, 0.717) is 11.7 Å². The minimum Gasteiger partial charge on any atom is -0.348 e. The van der Waals surface area contributed by atoms with Crippen LogP contribution in [-0.2, 0) is 14.3 Å². The Morgan fingerprint density at radius 1 is 1.17 bits per heavy atom. The smallest absolute Gasteiger partial charge is 0.168 e. The van der Waals surface area contributed by atoms with Crippen molar-refractivity contribution in [2.45, 2.75) is 65.1 Å². The van der Waals surface area contributed by atoms with Crippen LogP contribution in [0.15, 0.2) is 0 Å². The maximum Gasteiger partial charge on any atom is 0.168 e. The molecule has 0 radical (unpaired) electrons. The maximum atomic E-state index is 12.1. The zero-order valence-electron chi connectivity index (χ0n) is 12.0. The first-order valence-electron chi connectivity index (χ1n) is 7.46. The number of ether oxygens (including phenoxy) is 2. The fourth-order valence-electron chi connectivity index (χ4n) is 3.70. The van der Waals surface area contributed by atoms with Crippen LogP contribution in [0.3, 0.4) is 0 Å². The van der Waals surface area contributed by atoms with Gasteiger partial charge >= 0.3 is 0 Å². The molecule has 0 aromatic heterocycles. The summed E-state index contributed by atoms with van der Waals surface area (Å²) in [6.07, 6.45) is 5.76. The molecule has 0 N–H and O–H groups in total. The van der Waals surface area contributed by atoms with Gasteiger partial charge in [0.15, 0.2) is 5.79 Å². The Morgan fingerprint density at radius 2 is 1.83 bits per heavy atom. The molecule has 0 bridgehead atoms. The summed E-state index contributed by atoms with van der Waals surface area (Å²) in [5.74, 6) is 0.610. The van der Waals surface area contributed by atoms with Gasteiger partial charge in [-0.15, -0.1) is 0 Å². The molecule has 1 heterocycles. The summed E-state index contributed by atoms with van der Waals surface area (Å²) < 4.78 is 11.6. The maximum absolute atomic E-state index is 12.1. The molecule has 2 unspecified atom stereocenters. The molecule has 1 saturated heterocycles. The van der Waals surface area contributed by atoms with Gasteiger partial charge in [0.1, 0.15) is 5.78 Å². The van der Waals surface area contributed by atoms with E-state index >= 15 is 0 Å². The summed E-state index contributed by atoms with van der Waals surface area (Å²) in [6, 6.07) is 0. The van der Waals surface area contributed by atoms with Crippen LogP contribution in [0.25, 0.3) is 0 Å². The fourth-order valence-corrected chi connectivity index (χ4v) is 3.70. The van der Waals surface area contributed by atoms with Crippen LogP contribution in [0.2, 0.25) is 0 Å². The molecule has 0 amide bonds. The molecule has 3 rings (SSSR count). The molecule has 18 heavy (non-hydrogen) atoms. The van der Waals surface area contributed by atoms with E-state index in [2.05, 4.69) is 6.92 Å². The highest BCUT2D eigenvalue weighted by Gasteiger charge is 2.53. The van der Waals surface area contributed by atoms with Gasteiger partial charge in [-0.3, -0.25) is 4.79 Å². The molecule has 2 saturated carbocycles. The number of fused-ring (bicyclic) bond motifs is 1. The Labute approximate surface area is 110 Å². The van der Waals surface area contributed by atoms with Gasteiger partial charge in [-0.05, 0) is 25.2 Å². The van der Waals surface area contributed by atoms with Crippen LogP contribution >= 0.6 is 0 Å². The summed E-state index contributed by atoms with van der Waals surface area (Å²) >= 11 is 0. The average Bonchev–Trinajstić information content (AvgIpc) is 2.84. The minimum atomic E-state index is -0.332. The van der Waals surface area contributed by atoms with Crippen molar-refractivity contribution in [3.8, 4) is 0 Å². The Kier molecular flexibility index (Phi) is 4.12. The van der Waals surface area contributed by atoms with E-state index in [-0.39, 0.29) is 11.2 Å². The van der Waals surface area contributed by atoms with Crippen molar-refractivity contribution < 1.29 is 14.3 Å². The third-order valence-corrected chi connectivity index (χ3v) is 4.89. The normalized spacial score (nSPS) is 37.9. The van der Waals surface area contributed by atoms with Crippen LogP contribution in [0.1, 0.15) is 59.3 Å². The van der Waals surface area contributed by atoms with E-state index in [1.54, 1.807) is 0 Å². The molecule has 0 aromatic carbocycles. The number of hydrogen-bond donors (Lipinski definition) is 0. The largest absolute Gasteiger partial charge is 0.348 e. The summed E-state index contributed by atoms with van der Waals surface area (Å²) in [5.41, 5.74) is -0.0845. The van der Waals surface area contributed by atoms with Crippen LogP contribution in [-0.4, -0.2) is 24.8 Å². The Bertz CT molecular complexity index is 307. The third kappa shape index (κ3) is 2.23. The second-order valence-electron chi connectivity index (χ2n) is 5.74. The SMILES string of the molecule is CC.CC12CCC3(CC1CCCC2=O)OCCO3. The van der Waals surface area contributed by atoms with Crippen LogP contribution < -0.4 is 0 Å². The summed E-state index contributed by atoms with van der Waals surface area (Å²) in [7, 11) is 0. The third-order valence-electron chi connectivity index (χ3n) is 4.89. The van der Waals surface area contributed by atoms with E-state index in [1.807, 2.05) is 13.8 Å². The van der Waals surface area contributed by atoms with Crippen LogP contribution in [0.4, 0.5) is 0 Å². The average molecular weight is 254 g/mol. The lowest BCUT2D eigenvalue weighted by Gasteiger charge is -2.49. The lowest BCUT2D eigenvalue weighted by molar-refractivity contribution is -0.209. The van der Waals surface area contributed by atoms with Gasteiger partial charge in [0.05, 0.1) is 13.2 Å². The molecule has 2 aliphatic carbocycles. The van der Waals surface area contributed by atoms with Gasteiger partial charge in [-0.1, -0.05) is 20.8 Å². The molecule has 2 atom stereocenters. The van der Waals surface area contributed by atoms with E-state index in [4.69, 9.17) is 9.47 Å². The van der Waals surface area contributed by atoms with Gasteiger partial charge in [-0.2, -0.15) is 0 Å². The highest BCUT2D eigenvalue weighted by Crippen LogP contribution is 2.53. The molecule has 1 aliphatic heterocycles. The van der Waals surface area contributed by atoms with Crippen molar-refractivity contribution in [3.05, 3.63) is 0 Å². The standard InChI is InChI=1S/C13H20O3.C2H6/c1-12-5-6-13(15-7-8-16-13)9-10(12)3-2-4-11(12)14;1-2/h10H,2-9H2,1H3;1-2H3. The quantitative estimate of drug-likeness (QED) is 0.665. The molecular formula is C15H26O3. The lowest BCUT2D eigenvalue weighted by Crippen LogP contribution is -2.50. The number of ketones is 1. The first-order valence-corrected chi connectivity index (χ1v) is 7.46. The van der Waals surface area contributed by atoms with Gasteiger partial charge in [0, 0.05) is 24.7 Å². The van der Waals surface area contributed by atoms with Gasteiger partial charge in [0.25, 0.3) is 0 Å². The van der Waals surface area contributed by atoms with Crippen molar-refractivity contribution in [2.75, 3.05) is 13.2 Å². The zero-order chi connectivity index (χ0) is 13.2. The number of Topliss-reactive ketones (excluding diaryl/α,β-unsaturated/α-hetero) is 1. The molecule has 3 nitrogen and oxygen atoms in total. The van der Waals surface area contributed by atoms with Crippen LogP contribution in [0.5, 0.6) is 0 Å². The monoisotopic (exact) mass is 254 g/mol. The van der Waals surface area contributed by atoms with Crippen molar-refractivity contribution in [2.24, 2.45) is 11.3 Å². The number of carbonyl (C=O) groups excluding carboxylic acids is 1. The predicted octanol–water partition coefficient (Wildman–Crippen LogP) is 3.32.